The Morgan fingerprint density at radius 1 is 1.50 bits per heavy atom. The average molecular weight is 122 g/mol. The second-order valence-corrected chi connectivity index (χ2v) is 1.66. The van der Waals surface area contributed by atoms with Gasteiger partial charge in [-0.05, 0) is 0 Å². The Morgan fingerprint density at radius 2 is 2.00 bits per heavy atom. The number of rotatable bonds is 3. The maximum atomic E-state index is 8.26. The van der Waals surface area contributed by atoms with Gasteiger partial charge in [-0.2, -0.15) is 5.01 Å². The number of nitrogens with two attached hydrogens (primary N) is 1. The predicted octanol–water partition coefficient (Wildman–Crippen LogP) is -2.16. The zero-order chi connectivity index (χ0) is 5.70. The van der Waals surface area contributed by atoms with Gasteiger partial charge in [0, 0.05) is 14.1 Å². The molecular formula is C4H14N2O2. The van der Waals surface area contributed by atoms with Crippen molar-refractivity contribution in [3.05, 3.63) is 0 Å². The normalized spacial score (nSPS) is 9.00. The Bertz CT molecular complexity index is 41.0. The maximum Gasteiger partial charge on any atom is 0.117 e. The molecule has 0 bridgehead atoms. The number of hydrogen-bond acceptors (Lipinski definition) is 3. The summed E-state index contributed by atoms with van der Waals surface area (Å²) in [5.41, 5.74) is 1.93. The summed E-state index contributed by atoms with van der Waals surface area (Å²) in [6, 6.07) is 0. The first-order valence-corrected chi connectivity index (χ1v) is 2.38. The first kappa shape index (κ1) is 10.8. The molecule has 4 heteroatoms. The maximum absolute atomic E-state index is 8.26. The Hall–Kier alpha value is -0.160. The Morgan fingerprint density at radius 3 is 2.12 bits per heavy atom. The minimum absolute atomic E-state index is 0. The summed E-state index contributed by atoms with van der Waals surface area (Å²) in [7, 11) is 3.88. The van der Waals surface area contributed by atoms with Crippen molar-refractivity contribution in [2.75, 3.05) is 27.2 Å². The second kappa shape index (κ2) is 6.84. The van der Waals surface area contributed by atoms with Gasteiger partial charge in [-0.1, -0.05) is 0 Å². The molecule has 0 aromatic rings. The molecule has 52 valence electrons. The van der Waals surface area contributed by atoms with Crippen LogP contribution in [0, 0.1) is 0 Å². The van der Waals surface area contributed by atoms with Gasteiger partial charge in [0.2, 0.25) is 0 Å². The molecule has 0 amide bonds. The van der Waals surface area contributed by atoms with E-state index in [9.17, 15) is 0 Å². The predicted molar refractivity (Wildman–Crippen MR) is 29.5 cm³/mol. The molecule has 8 heavy (non-hydrogen) atoms. The quantitative estimate of drug-likeness (QED) is 0.331. The minimum atomic E-state index is 0. The molecule has 0 heterocycles. The lowest BCUT2D eigenvalue weighted by Crippen LogP contribution is -2.92. The fourth-order valence-electron chi connectivity index (χ4n) is 0.316. The van der Waals surface area contributed by atoms with Gasteiger partial charge in [0.15, 0.2) is 0 Å². The van der Waals surface area contributed by atoms with Gasteiger partial charge in [-0.3, -0.25) is 5.43 Å². The van der Waals surface area contributed by atoms with E-state index in [1.54, 1.807) is 0 Å². The Balaban J connectivity index is 0. The number of aliphatic hydroxyl groups excluding tert-OH is 1. The van der Waals surface area contributed by atoms with Crippen molar-refractivity contribution in [3.63, 3.8) is 0 Å². The van der Waals surface area contributed by atoms with Crippen molar-refractivity contribution in [1.82, 2.24) is 5.01 Å². The number of aliphatic hydroxyl groups is 1. The second-order valence-electron chi connectivity index (χ2n) is 1.66. The third kappa shape index (κ3) is 9.28. The van der Waals surface area contributed by atoms with E-state index in [-0.39, 0.29) is 12.1 Å². The highest BCUT2D eigenvalue weighted by Gasteiger charge is 1.86. The molecule has 0 aliphatic carbocycles. The Kier molecular flexibility index (Phi) is 9.20. The highest BCUT2D eigenvalue weighted by molar-refractivity contribution is 4.09. The van der Waals surface area contributed by atoms with Gasteiger partial charge < -0.3 is 10.6 Å². The zero-order valence-electron chi connectivity index (χ0n) is 5.33. The smallest absolute Gasteiger partial charge is 0.117 e. The third-order valence-electron chi connectivity index (χ3n) is 0.623. The molecule has 0 radical (unpaired) electrons. The molecule has 0 saturated heterocycles. The van der Waals surface area contributed by atoms with Crippen molar-refractivity contribution in [2.45, 2.75) is 0 Å². The number of quaternary nitrogens is 1. The van der Waals surface area contributed by atoms with Crippen molar-refractivity contribution in [1.29, 1.82) is 0 Å². The van der Waals surface area contributed by atoms with Gasteiger partial charge in [0.05, 0.1) is 6.61 Å². The van der Waals surface area contributed by atoms with Crippen molar-refractivity contribution >= 4 is 0 Å². The zero-order valence-corrected chi connectivity index (χ0v) is 5.33. The molecule has 4 nitrogen and oxygen atoms in total. The molecule has 0 fully saturated rings. The van der Waals surface area contributed by atoms with E-state index in [1.165, 1.54) is 0 Å². The number of nitrogens with zero attached hydrogens (tertiary/aromatic N) is 1. The van der Waals surface area contributed by atoms with Crippen LogP contribution in [0.15, 0.2) is 0 Å². The molecule has 0 unspecified atom stereocenters. The lowest BCUT2D eigenvalue weighted by molar-refractivity contribution is -0.794. The van der Waals surface area contributed by atoms with Gasteiger partial charge in [-0.25, -0.2) is 0 Å². The van der Waals surface area contributed by atoms with Gasteiger partial charge in [-0.15, -0.1) is 0 Å². The van der Waals surface area contributed by atoms with E-state index in [0.29, 0.717) is 0 Å². The monoisotopic (exact) mass is 122 g/mol. The van der Waals surface area contributed by atoms with Crippen LogP contribution in [0.3, 0.4) is 0 Å². The molecule has 0 spiro atoms. The molecule has 0 saturated carbocycles. The van der Waals surface area contributed by atoms with E-state index in [2.05, 4.69) is 0 Å². The first-order valence-electron chi connectivity index (χ1n) is 2.38. The minimum Gasteiger partial charge on any atom is -0.870 e. The highest BCUT2D eigenvalue weighted by Crippen LogP contribution is 1.43. The topological polar surface area (TPSA) is 70.1 Å². The van der Waals surface area contributed by atoms with Crippen LogP contribution in [0.1, 0.15) is 0 Å². The van der Waals surface area contributed by atoms with Crippen LogP contribution in [0.5, 0.6) is 0 Å². The Labute approximate surface area is 49.4 Å². The summed E-state index contributed by atoms with van der Waals surface area (Å²) in [5.74, 6) is 0. The highest BCUT2D eigenvalue weighted by atomic mass is 16.3. The first-order chi connectivity index (χ1) is 3.27. The van der Waals surface area contributed by atoms with Crippen LogP contribution in [-0.4, -0.2) is 42.8 Å². The number of hydrogen-bond donors (Lipinski definition) is 2. The standard InChI is InChI=1S/C4H12N2O.H2O/c1-6(2)5-3-4-7;/h5,7H,3-4H2,1-2H3;1H2. The van der Waals surface area contributed by atoms with Gasteiger partial charge in [0.1, 0.15) is 6.54 Å². The van der Waals surface area contributed by atoms with E-state index in [1.807, 2.05) is 24.5 Å². The molecule has 0 rings (SSSR count). The fraction of sp³-hybridized carbons (Fsp3) is 1.00. The molecule has 0 atom stereocenters. The largest absolute Gasteiger partial charge is 0.870 e. The van der Waals surface area contributed by atoms with Crippen LogP contribution in [0.2, 0.25) is 0 Å². The van der Waals surface area contributed by atoms with E-state index < -0.39 is 0 Å². The van der Waals surface area contributed by atoms with Gasteiger partial charge in [0.25, 0.3) is 0 Å². The summed E-state index contributed by atoms with van der Waals surface area (Å²) >= 11 is 0. The summed E-state index contributed by atoms with van der Waals surface area (Å²) in [6.07, 6.45) is 0. The molecule has 4 N–H and O–H groups in total. The summed E-state index contributed by atoms with van der Waals surface area (Å²) in [6.45, 7) is 1.01. The molecule has 0 aliphatic rings. The lowest BCUT2D eigenvalue weighted by atomic mass is 10.7. The van der Waals surface area contributed by atoms with Crippen molar-refractivity contribution in [3.8, 4) is 0 Å². The van der Waals surface area contributed by atoms with Crippen LogP contribution >= 0.6 is 0 Å². The van der Waals surface area contributed by atoms with E-state index in [4.69, 9.17) is 5.11 Å². The average Bonchev–Trinajstić information content (AvgIpc) is 1.61. The van der Waals surface area contributed by atoms with Crippen LogP contribution in [-0.2, 0) is 0 Å². The molecule has 0 aromatic carbocycles. The summed E-state index contributed by atoms with van der Waals surface area (Å²) < 4.78 is 0. The summed E-state index contributed by atoms with van der Waals surface area (Å²) in [4.78, 5) is 0. The third-order valence-corrected chi connectivity index (χ3v) is 0.623. The van der Waals surface area contributed by atoms with Gasteiger partial charge >= 0.3 is 0 Å². The fourth-order valence-corrected chi connectivity index (χ4v) is 0.316. The van der Waals surface area contributed by atoms with E-state index in [0.717, 1.165) is 6.54 Å². The van der Waals surface area contributed by atoms with E-state index >= 15 is 0 Å². The van der Waals surface area contributed by atoms with Crippen LogP contribution in [0.25, 0.3) is 0 Å². The van der Waals surface area contributed by atoms with Crippen LogP contribution in [0.4, 0.5) is 0 Å². The SMILES string of the molecule is CN(C)[NH2+]CCO.[OH-]. The lowest BCUT2D eigenvalue weighted by Gasteiger charge is -2.04. The van der Waals surface area contributed by atoms with Crippen molar-refractivity contribution < 1.29 is 16.0 Å². The molecular weight excluding hydrogens is 108 g/mol. The molecule has 0 aromatic heterocycles. The summed E-state index contributed by atoms with van der Waals surface area (Å²) in [5, 5.41) is 10.2. The van der Waals surface area contributed by atoms with Crippen LogP contribution < -0.4 is 5.43 Å². The van der Waals surface area contributed by atoms with Crippen molar-refractivity contribution in [2.24, 2.45) is 0 Å². The molecule has 0 aliphatic heterocycles.